The summed E-state index contributed by atoms with van der Waals surface area (Å²) in [5, 5.41) is 2.55. The maximum absolute atomic E-state index is 11.4. The van der Waals surface area contributed by atoms with Crippen LogP contribution in [0.1, 0.15) is 27.6 Å². The molecule has 1 unspecified atom stereocenters. The molecule has 1 N–H and O–H groups in total. The number of anilines is 1. The standard InChI is InChI=1S/C17H16ClNO2/c1-10-4-3-5-13(11(10)2)17(18)12-6-7-15-14(8-12)19-16(20)9-21-15/h3-8,17H,9H2,1-2H3,(H,19,20). The summed E-state index contributed by atoms with van der Waals surface area (Å²) < 4.78 is 5.36. The Kier molecular flexibility index (Phi) is 3.60. The van der Waals surface area contributed by atoms with Crippen LogP contribution < -0.4 is 10.1 Å². The Balaban J connectivity index is 1.98. The van der Waals surface area contributed by atoms with E-state index < -0.39 is 0 Å². The lowest BCUT2D eigenvalue weighted by molar-refractivity contribution is -0.118. The van der Waals surface area contributed by atoms with Crippen LogP contribution in [-0.2, 0) is 4.79 Å². The molecule has 0 fully saturated rings. The fourth-order valence-electron chi connectivity index (χ4n) is 2.49. The van der Waals surface area contributed by atoms with E-state index in [-0.39, 0.29) is 17.9 Å². The number of nitrogens with one attached hydrogen (secondary N) is 1. The van der Waals surface area contributed by atoms with E-state index in [1.807, 2.05) is 30.3 Å². The predicted octanol–water partition coefficient (Wildman–Crippen LogP) is 3.96. The molecule has 0 aliphatic carbocycles. The zero-order valence-corrected chi connectivity index (χ0v) is 12.7. The number of rotatable bonds is 2. The summed E-state index contributed by atoms with van der Waals surface area (Å²) in [6, 6.07) is 11.8. The van der Waals surface area contributed by atoms with E-state index in [2.05, 4.69) is 25.2 Å². The Labute approximate surface area is 128 Å². The van der Waals surface area contributed by atoms with Gasteiger partial charge in [0.1, 0.15) is 5.75 Å². The molecule has 108 valence electrons. The van der Waals surface area contributed by atoms with Crippen LogP contribution in [0.3, 0.4) is 0 Å². The van der Waals surface area contributed by atoms with Gasteiger partial charge in [-0.1, -0.05) is 24.3 Å². The molecule has 0 spiro atoms. The first-order valence-electron chi connectivity index (χ1n) is 6.83. The minimum absolute atomic E-state index is 0.0631. The zero-order valence-electron chi connectivity index (χ0n) is 11.9. The molecular formula is C17H16ClNO2. The lowest BCUT2D eigenvalue weighted by atomic mass is 9.96. The molecule has 0 bridgehead atoms. The molecule has 0 aromatic heterocycles. The van der Waals surface area contributed by atoms with E-state index in [1.165, 1.54) is 11.1 Å². The van der Waals surface area contributed by atoms with Gasteiger partial charge in [0.05, 0.1) is 11.1 Å². The van der Waals surface area contributed by atoms with E-state index in [1.54, 1.807) is 0 Å². The molecule has 21 heavy (non-hydrogen) atoms. The van der Waals surface area contributed by atoms with E-state index >= 15 is 0 Å². The number of alkyl halides is 1. The van der Waals surface area contributed by atoms with Gasteiger partial charge in [-0.25, -0.2) is 0 Å². The second-order valence-electron chi connectivity index (χ2n) is 5.24. The van der Waals surface area contributed by atoms with Crippen LogP contribution in [-0.4, -0.2) is 12.5 Å². The molecule has 1 aliphatic rings. The van der Waals surface area contributed by atoms with Crippen molar-refractivity contribution in [3.63, 3.8) is 0 Å². The number of halogens is 1. The Morgan fingerprint density at radius 3 is 2.86 bits per heavy atom. The molecule has 0 saturated carbocycles. The van der Waals surface area contributed by atoms with Crippen molar-refractivity contribution in [3.05, 3.63) is 58.7 Å². The second-order valence-corrected chi connectivity index (χ2v) is 5.68. The fraction of sp³-hybridized carbons (Fsp3) is 0.235. The average molecular weight is 302 g/mol. The van der Waals surface area contributed by atoms with Crippen molar-refractivity contribution < 1.29 is 9.53 Å². The summed E-state index contributed by atoms with van der Waals surface area (Å²) in [7, 11) is 0. The highest BCUT2D eigenvalue weighted by Crippen LogP contribution is 2.36. The second kappa shape index (κ2) is 5.41. The van der Waals surface area contributed by atoms with Gasteiger partial charge in [0.25, 0.3) is 5.91 Å². The minimum atomic E-state index is -0.256. The largest absolute Gasteiger partial charge is 0.482 e. The predicted molar refractivity (Wildman–Crippen MR) is 84.2 cm³/mol. The number of hydrogen-bond donors (Lipinski definition) is 1. The third-order valence-corrected chi connectivity index (χ3v) is 4.34. The number of ether oxygens (including phenoxy) is 1. The maximum Gasteiger partial charge on any atom is 0.262 e. The van der Waals surface area contributed by atoms with Crippen LogP contribution in [0.4, 0.5) is 5.69 Å². The van der Waals surface area contributed by atoms with Gasteiger partial charge in [0.2, 0.25) is 0 Å². The Hall–Kier alpha value is -2.00. The molecule has 0 radical (unpaired) electrons. The summed E-state index contributed by atoms with van der Waals surface area (Å²) in [5.41, 5.74) is 5.11. The molecule has 0 saturated heterocycles. The molecule has 1 aliphatic heterocycles. The van der Waals surface area contributed by atoms with Crippen LogP contribution in [0.25, 0.3) is 0 Å². The highest BCUT2D eigenvalue weighted by molar-refractivity contribution is 6.22. The molecular weight excluding hydrogens is 286 g/mol. The summed E-state index contributed by atoms with van der Waals surface area (Å²) in [4.78, 5) is 11.4. The van der Waals surface area contributed by atoms with Gasteiger partial charge < -0.3 is 10.1 Å². The lowest BCUT2D eigenvalue weighted by Gasteiger charge is -2.20. The maximum atomic E-state index is 11.4. The Morgan fingerprint density at radius 1 is 1.24 bits per heavy atom. The molecule has 4 heteroatoms. The minimum Gasteiger partial charge on any atom is -0.482 e. The van der Waals surface area contributed by atoms with Crippen molar-refractivity contribution in [3.8, 4) is 5.75 Å². The average Bonchev–Trinajstić information content (AvgIpc) is 2.48. The van der Waals surface area contributed by atoms with E-state index in [9.17, 15) is 4.79 Å². The molecule has 1 amide bonds. The quantitative estimate of drug-likeness (QED) is 0.853. The van der Waals surface area contributed by atoms with Crippen molar-refractivity contribution >= 4 is 23.2 Å². The van der Waals surface area contributed by atoms with Gasteiger partial charge in [-0.2, -0.15) is 0 Å². The zero-order chi connectivity index (χ0) is 15.0. The molecule has 2 aromatic rings. The SMILES string of the molecule is Cc1cccc(C(Cl)c2ccc3c(c2)NC(=O)CO3)c1C. The highest BCUT2D eigenvalue weighted by Gasteiger charge is 2.19. The Bertz CT molecular complexity index is 712. The summed E-state index contributed by atoms with van der Waals surface area (Å²) in [5.74, 6) is 0.542. The first kappa shape index (κ1) is 14.0. The first-order valence-corrected chi connectivity index (χ1v) is 7.26. The number of carbonyl (C=O) groups excluding carboxylic acids is 1. The number of amides is 1. The van der Waals surface area contributed by atoms with Gasteiger partial charge in [-0.15, -0.1) is 11.6 Å². The van der Waals surface area contributed by atoms with Gasteiger partial charge in [-0.3, -0.25) is 4.79 Å². The van der Waals surface area contributed by atoms with Crippen molar-refractivity contribution in [1.82, 2.24) is 0 Å². The van der Waals surface area contributed by atoms with Crippen molar-refractivity contribution in [2.45, 2.75) is 19.2 Å². The summed E-state index contributed by atoms with van der Waals surface area (Å²) in [6.45, 7) is 4.21. The molecule has 3 rings (SSSR count). The fourth-order valence-corrected chi connectivity index (χ4v) is 2.86. The summed E-state index contributed by atoms with van der Waals surface area (Å²) >= 11 is 6.63. The molecule has 2 aromatic carbocycles. The normalized spacial score (nSPS) is 14.9. The molecule has 1 heterocycles. The number of aryl methyl sites for hydroxylation is 1. The summed E-state index contributed by atoms with van der Waals surface area (Å²) in [6.07, 6.45) is 0. The number of fused-ring (bicyclic) bond motifs is 1. The van der Waals surface area contributed by atoms with Crippen LogP contribution in [0.15, 0.2) is 36.4 Å². The molecule has 1 atom stereocenters. The number of benzene rings is 2. The van der Waals surface area contributed by atoms with Gasteiger partial charge in [-0.05, 0) is 48.2 Å². The van der Waals surface area contributed by atoms with Gasteiger partial charge in [0.15, 0.2) is 6.61 Å². The molecule has 3 nitrogen and oxygen atoms in total. The third-order valence-electron chi connectivity index (χ3n) is 3.85. The monoisotopic (exact) mass is 301 g/mol. The number of hydrogen-bond acceptors (Lipinski definition) is 2. The smallest absolute Gasteiger partial charge is 0.262 e. The lowest BCUT2D eigenvalue weighted by Crippen LogP contribution is -2.25. The van der Waals surface area contributed by atoms with Crippen molar-refractivity contribution in [2.24, 2.45) is 0 Å². The van der Waals surface area contributed by atoms with E-state index in [0.717, 1.165) is 11.1 Å². The first-order chi connectivity index (χ1) is 10.1. The van der Waals surface area contributed by atoms with Crippen molar-refractivity contribution in [1.29, 1.82) is 0 Å². The van der Waals surface area contributed by atoms with E-state index in [0.29, 0.717) is 11.4 Å². The van der Waals surface area contributed by atoms with Crippen LogP contribution in [0, 0.1) is 13.8 Å². The van der Waals surface area contributed by atoms with Gasteiger partial charge in [0, 0.05) is 0 Å². The topological polar surface area (TPSA) is 38.3 Å². The van der Waals surface area contributed by atoms with Crippen molar-refractivity contribution in [2.75, 3.05) is 11.9 Å². The van der Waals surface area contributed by atoms with E-state index in [4.69, 9.17) is 16.3 Å². The van der Waals surface area contributed by atoms with Crippen LogP contribution in [0.5, 0.6) is 5.75 Å². The van der Waals surface area contributed by atoms with Gasteiger partial charge >= 0.3 is 0 Å². The number of carbonyl (C=O) groups is 1. The Morgan fingerprint density at radius 2 is 2.05 bits per heavy atom. The van der Waals surface area contributed by atoms with Crippen LogP contribution >= 0.6 is 11.6 Å². The third kappa shape index (κ3) is 2.61. The van der Waals surface area contributed by atoms with Crippen LogP contribution in [0.2, 0.25) is 0 Å². The highest BCUT2D eigenvalue weighted by atomic mass is 35.5.